The second-order valence-electron chi connectivity index (χ2n) is 3.12. The quantitative estimate of drug-likeness (QED) is 0.656. The standard InChI is InChI=1S/C8H14O4/c1-5(2)6(8(11)12)3-4-7(9)10/h5-6H,3-4H2,1-2H3,(H,9,10)(H,11,12). The van der Waals surface area contributed by atoms with Crippen LogP contribution in [0, 0.1) is 11.8 Å². The van der Waals surface area contributed by atoms with Crippen LogP contribution >= 0.6 is 0 Å². The molecule has 0 amide bonds. The Morgan fingerprint density at radius 1 is 1.25 bits per heavy atom. The number of aliphatic carboxylic acids is 2. The minimum atomic E-state index is -0.943. The molecule has 12 heavy (non-hydrogen) atoms. The first-order chi connectivity index (χ1) is 5.45. The normalized spacial score (nSPS) is 12.9. The highest BCUT2D eigenvalue weighted by Crippen LogP contribution is 2.16. The maximum atomic E-state index is 10.6. The highest BCUT2D eigenvalue weighted by molar-refractivity contribution is 5.72. The third-order valence-corrected chi connectivity index (χ3v) is 1.79. The van der Waals surface area contributed by atoms with Crippen LogP contribution < -0.4 is 0 Å². The van der Waals surface area contributed by atoms with E-state index in [4.69, 9.17) is 10.2 Å². The molecule has 0 aliphatic rings. The van der Waals surface area contributed by atoms with Crippen molar-refractivity contribution in [2.45, 2.75) is 26.7 Å². The maximum Gasteiger partial charge on any atom is 0.306 e. The second kappa shape index (κ2) is 4.74. The second-order valence-corrected chi connectivity index (χ2v) is 3.12. The van der Waals surface area contributed by atoms with Crippen LogP contribution in [0.15, 0.2) is 0 Å². The van der Waals surface area contributed by atoms with Gasteiger partial charge in [-0.1, -0.05) is 13.8 Å². The molecule has 1 atom stereocenters. The van der Waals surface area contributed by atoms with E-state index in [0.717, 1.165) is 0 Å². The van der Waals surface area contributed by atoms with Crippen LogP contribution in [-0.4, -0.2) is 22.2 Å². The Kier molecular flexibility index (Phi) is 4.33. The molecule has 0 aromatic rings. The van der Waals surface area contributed by atoms with E-state index in [1.165, 1.54) is 0 Å². The van der Waals surface area contributed by atoms with Gasteiger partial charge in [-0.3, -0.25) is 9.59 Å². The van der Waals surface area contributed by atoms with Gasteiger partial charge in [0, 0.05) is 6.42 Å². The first-order valence-electron chi connectivity index (χ1n) is 3.89. The number of carboxylic acid groups (broad SMARTS) is 2. The molecule has 0 radical (unpaired) electrons. The van der Waals surface area contributed by atoms with Crippen molar-refractivity contribution in [3.63, 3.8) is 0 Å². The van der Waals surface area contributed by atoms with Crippen molar-refractivity contribution >= 4 is 11.9 Å². The van der Waals surface area contributed by atoms with Crippen LogP contribution in [-0.2, 0) is 9.59 Å². The average molecular weight is 174 g/mol. The number of carbonyl (C=O) groups is 2. The zero-order valence-electron chi connectivity index (χ0n) is 7.28. The summed E-state index contributed by atoms with van der Waals surface area (Å²) in [6.07, 6.45) is 0.136. The fourth-order valence-electron chi connectivity index (χ4n) is 1.02. The average Bonchev–Trinajstić information content (AvgIpc) is 1.84. The summed E-state index contributed by atoms with van der Waals surface area (Å²) in [7, 11) is 0. The van der Waals surface area contributed by atoms with Crippen molar-refractivity contribution in [2.75, 3.05) is 0 Å². The van der Waals surface area contributed by atoms with E-state index in [2.05, 4.69) is 0 Å². The van der Waals surface area contributed by atoms with E-state index in [9.17, 15) is 9.59 Å². The van der Waals surface area contributed by atoms with Gasteiger partial charge in [0.25, 0.3) is 0 Å². The Morgan fingerprint density at radius 2 is 1.75 bits per heavy atom. The molecule has 4 nitrogen and oxygen atoms in total. The number of carboxylic acids is 2. The molecular formula is C8H14O4. The topological polar surface area (TPSA) is 74.6 Å². The van der Waals surface area contributed by atoms with E-state index in [1.54, 1.807) is 13.8 Å². The predicted octanol–water partition coefficient (Wildman–Crippen LogP) is 1.21. The molecule has 4 heteroatoms. The van der Waals surface area contributed by atoms with Gasteiger partial charge in [-0.15, -0.1) is 0 Å². The Bertz CT molecular complexity index is 174. The van der Waals surface area contributed by atoms with Gasteiger partial charge >= 0.3 is 11.9 Å². The minimum Gasteiger partial charge on any atom is -0.481 e. The summed E-state index contributed by atoms with van der Waals surface area (Å²) in [5.74, 6) is -2.41. The number of rotatable bonds is 5. The lowest BCUT2D eigenvalue weighted by atomic mass is 9.91. The summed E-state index contributed by atoms with van der Waals surface area (Å²) in [4.78, 5) is 20.7. The van der Waals surface area contributed by atoms with Gasteiger partial charge in [0.05, 0.1) is 5.92 Å². The van der Waals surface area contributed by atoms with Crippen LogP contribution in [0.2, 0.25) is 0 Å². The predicted molar refractivity (Wildman–Crippen MR) is 42.8 cm³/mol. The smallest absolute Gasteiger partial charge is 0.306 e. The fourth-order valence-corrected chi connectivity index (χ4v) is 1.02. The van der Waals surface area contributed by atoms with Crippen molar-refractivity contribution in [1.29, 1.82) is 0 Å². The Labute approximate surface area is 71.2 Å². The summed E-state index contributed by atoms with van der Waals surface area (Å²) in [5.41, 5.74) is 0. The summed E-state index contributed by atoms with van der Waals surface area (Å²) in [6, 6.07) is 0. The van der Waals surface area contributed by atoms with Crippen molar-refractivity contribution in [3.05, 3.63) is 0 Å². The molecule has 0 rings (SSSR count). The van der Waals surface area contributed by atoms with E-state index in [-0.39, 0.29) is 18.8 Å². The molecule has 0 saturated carbocycles. The third kappa shape index (κ3) is 3.95. The summed E-state index contributed by atoms with van der Waals surface area (Å²) in [5, 5.41) is 17.0. The van der Waals surface area contributed by atoms with Crippen molar-refractivity contribution in [2.24, 2.45) is 11.8 Å². The first kappa shape index (κ1) is 10.9. The van der Waals surface area contributed by atoms with Gasteiger partial charge in [0.15, 0.2) is 0 Å². The van der Waals surface area contributed by atoms with Gasteiger partial charge in [-0.25, -0.2) is 0 Å². The molecule has 2 N–H and O–H groups in total. The maximum absolute atomic E-state index is 10.6. The van der Waals surface area contributed by atoms with E-state index >= 15 is 0 Å². The number of hydrogen-bond donors (Lipinski definition) is 2. The highest BCUT2D eigenvalue weighted by Gasteiger charge is 2.21. The zero-order valence-corrected chi connectivity index (χ0v) is 7.28. The molecule has 0 heterocycles. The van der Waals surface area contributed by atoms with Crippen LogP contribution in [0.25, 0.3) is 0 Å². The molecule has 0 aromatic heterocycles. The van der Waals surface area contributed by atoms with Crippen LogP contribution in [0.5, 0.6) is 0 Å². The molecule has 0 spiro atoms. The third-order valence-electron chi connectivity index (χ3n) is 1.79. The van der Waals surface area contributed by atoms with E-state index < -0.39 is 17.9 Å². The van der Waals surface area contributed by atoms with Crippen LogP contribution in [0.4, 0.5) is 0 Å². The first-order valence-corrected chi connectivity index (χ1v) is 3.89. The Balaban J connectivity index is 3.97. The van der Waals surface area contributed by atoms with Gasteiger partial charge in [0.2, 0.25) is 0 Å². The van der Waals surface area contributed by atoms with Crippen LogP contribution in [0.3, 0.4) is 0 Å². The fraction of sp³-hybridized carbons (Fsp3) is 0.750. The zero-order chi connectivity index (χ0) is 9.72. The molecule has 0 aliphatic carbocycles. The molecule has 0 aromatic carbocycles. The molecule has 0 saturated heterocycles. The van der Waals surface area contributed by atoms with Crippen molar-refractivity contribution < 1.29 is 19.8 Å². The van der Waals surface area contributed by atoms with Gasteiger partial charge in [-0.2, -0.15) is 0 Å². The van der Waals surface area contributed by atoms with Crippen molar-refractivity contribution in [1.82, 2.24) is 0 Å². The minimum absolute atomic E-state index is 0.0122. The molecule has 0 bridgehead atoms. The lowest BCUT2D eigenvalue weighted by Gasteiger charge is -2.14. The van der Waals surface area contributed by atoms with E-state index in [0.29, 0.717) is 0 Å². The lowest BCUT2D eigenvalue weighted by molar-refractivity contribution is -0.144. The summed E-state index contributed by atoms with van der Waals surface area (Å²) < 4.78 is 0. The lowest BCUT2D eigenvalue weighted by Crippen LogP contribution is -2.20. The Hall–Kier alpha value is -1.06. The van der Waals surface area contributed by atoms with Crippen LogP contribution in [0.1, 0.15) is 26.7 Å². The van der Waals surface area contributed by atoms with Gasteiger partial charge in [0.1, 0.15) is 0 Å². The largest absolute Gasteiger partial charge is 0.481 e. The SMILES string of the molecule is CC(C)C(CCC(=O)O)C(=O)O. The van der Waals surface area contributed by atoms with Gasteiger partial charge in [-0.05, 0) is 12.3 Å². The highest BCUT2D eigenvalue weighted by atomic mass is 16.4. The Morgan fingerprint density at radius 3 is 2.00 bits per heavy atom. The number of hydrogen-bond acceptors (Lipinski definition) is 2. The molecule has 0 fully saturated rings. The molecular weight excluding hydrogens is 160 g/mol. The monoisotopic (exact) mass is 174 g/mol. The molecule has 1 unspecified atom stereocenters. The molecule has 70 valence electrons. The van der Waals surface area contributed by atoms with E-state index in [1.807, 2.05) is 0 Å². The summed E-state index contributed by atoms with van der Waals surface area (Å²) in [6.45, 7) is 3.56. The molecule has 0 aliphatic heterocycles. The summed E-state index contributed by atoms with van der Waals surface area (Å²) >= 11 is 0. The van der Waals surface area contributed by atoms with Crippen molar-refractivity contribution in [3.8, 4) is 0 Å². The van der Waals surface area contributed by atoms with Gasteiger partial charge < -0.3 is 10.2 Å².